The molecule has 1 amide bonds. The maximum Gasteiger partial charge on any atom is 0.339 e. The van der Waals surface area contributed by atoms with Crippen LogP contribution in [0.2, 0.25) is 0 Å². The molecule has 6 nitrogen and oxygen atoms in total. The molecule has 0 heterocycles. The van der Waals surface area contributed by atoms with Crippen LogP contribution in [0.4, 0.5) is 5.69 Å². The van der Waals surface area contributed by atoms with Crippen LogP contribution >= 0.6 is 0 Å². The summed E-state index contributed by atoms with van der Waals surface area (Å²) < 4.78 is 17.1. The number of para-hydroxylation sites is 3. The monoisotopic (exact) mass is 467 g/mol. The number of rotatable bonds is 9. The van der Waals surface area contributed by atoms with Gasteiger partial charge >= 0.3 is 5.97 Å². The van der Waals surface area contributed by atoms with Gasteiger partial charge in [0.2, 0.25) is 6.10 Å². The van der Waals surface area contributed by atoms with Crippen LogP contribution in [-0.2, 0) is 9.53 Å². The van der Waals surface area contributed by atoms with E-state index in [1.54, 1.807) is 66.7 Å². The van der Waals surface area contributed by atoms with Crippen LogP contribution in [0.3, 0.4) is 0 Å². The summed E-state index contributed by atoms with van der Waals surface area (Å²) in [4.78, 5) is 26.4. The number of ether oxygens (including phenoxy) is 3. The molecule has 0 radical (unpaired) electrons. The zero-order valence-electron chi connectivity index (χ0n) is 19.2. The van der Waals surface area contributed by atoms with E-state index in [4.69, 9.17) is 14.2 Å². The Hall–Kier alpha value is -4.58. The van der Waals surface area contributed by atoms with E-state index in [1.807, 2.05) is 49.4 Å². The van der Waals surface area contributed by atoms with Gasteiger partial charge in [0.15, 0.2) is 0 Å². The molecule has 4 rings (SSSR count). The molecule has 35 heavy (non-hydrogen) atoms. The van der Waals surface area contributed by atoms with Crippen LogP contribution in [0.15, 0.2) is 109 Å². The maximum atomic E-state index is 13.3. The first-order chi connectivity index (χ1) is 17.1. The minimum atomic E-state index is -1.17. The first-order valence-corrected chi connectivity index (χ1v) is 11.3. The van der Waals surface area contributed by atoms with Crippen molar-refractivity contribution in [3.8, 4) is 17.2 Å². The second-order valence-electron chi connectivity index (χ2n) is 7.56. The number of esters is 1. The van der Waals surface area contributed by atoms with Crippen molar-refractivity contribution in [1.29, 1.82) is 0 Å². The van der Waals surface area contributed by atoms with Gasteiger partial charge in [0.25, 0.3) is 5.91 Å². The van der Waals surface area contributed by atoms with Crippen molar-refractivity contribution >= 4 is 17.6 Å². The number of hydrogen-bond acceptors (Lipinski definition) is 5. The average molecular weight is 468 g/mol. The highest BCUT2D eigenvalue weighted by molar-refractivity contribution is 5.99. The van der Waals surface area contributed by atoms with Crippen LogP contribution in [0, 0.1) is 0 Å². The molecule has 4 aromatic rings. The topological polar surface area (TPSA) is 73.9 Å². The van der Waals surface area contributed by atoms with Gasteiger partial charge in [-0.2, -0.15) is 0 Å². The third-order valence-electron chi connectivity index (χ3n) is 5.06. The van der Waals surface area contributed by atoms with Crippen molar-refractivity contribution in [2.45, 2.75) is 13.0 Å². The molecule has 0 aliphatic rings. The van der Waals surface area contributed by atoms with Gasteiger partial charge in [-0.25, -0.2) is 4.79 Å². The molecule has 0 saturated carbocycles. The molecule has 0 bridgehead atoms. The molecule has 1 N–H and O–H groups in total. The Labute approximate surface area is 204 Å². The fourth-order valence-electron chi connectivity index (χ4n) is 3.44. The number of amides is 1. The molecule has 4 aromatic carbocycles. The molecule has 0 fully saturated rings. The van der Waals surface area contributed by atoms with Gasteiger partial charge in [-0.3, -0.25) is 4.79 Å². The number of anilines is 1. The van der Waals surface area contributed by atoms with Crippen LogP contribution in [0.1, 0.15) is 28.9 Å². The first kappa shape index (κ1) is 23.6. The van der Waals surface area contributed by atoms with E-state index >= 15 is 0 Å². The SMILES string of the molecule is CCOc1ccccc1NC(=O)C(OC(=O)c1cccc(Oc2ccccc2)c1)c1ccccc1. The van der Waals surface area contributed by atoms with Crippen LogP contribution in [0.25, 0.3) is 0 Å². The Bertz CT molecular complexity index is 1270. The summed E-state index contributed by atoms with van der Waals surface area (Å²) in [6, 6.07) is 31.9. The molecule has 6 heteroatoms. The fraction of sp³-hybridized carbons (Fsp3) is 0.103. The van der Waals surface area contributed by atoms with E-state index in [9.17, 15) is 9.59 Å². The van der Waals surface area contributed by atoms with Crippen molar-refractivity contribution < 1.29 is 23.8 Å². The number of benzene rings is 4. The largest absolute Gasteiger partial charge is 0.492 e. The summed E-state index contributed by atoms with van der Waals surface area (Å²) in [7, 11) is 0. The molecule has 1 unspecified atom stereocenters. The third-order valence-corrected chi connectivity index (χ3v) is 5.06. The summed E-state index contributed by atoms with van der Waals surface area (Å²) in [6.07, 6.45) is -1.17. The van der Waals surface area contributed by atoms with E-state index in [0.717, 1.165) is 0 Å². The Balaban J connectivity index is 1.55. The standard InChI is InChI=1S/C29H25NO5/c1-2-33-26-19-10-9-18-25(26)30-28(31)27(21-12-5-3-6-13-21)35-29(32)22-14-11-17-24(20-22)34-23-15-7-4-8-16-23/h3-20,27H,2H2,1H3,(H,30,31). The van der Waals surface area contributed by atoms with E-state index in [2.05, 4.69) is 5.32 Å². The zero-order valence-corrected chi connectivity index (χ0v) is 19.2. The summed E-state index contributed by atoms with van der Waals surface area (Å²) in [5.41, 5.74) is 1.31. The van der Waals surface area contributed by atoms with Gasteiger partial charge < -0.3 is 19.5 Å². The van der Waals surface area contributed by atoms with Crippen LogP contribution in [0.5, 0.6) is 17.2 Å². The Morgan fingerprint density at radius 1 is 0.771 bits per heavy atom. The van der Waals surface area contributed by atoms with E-state index in [1.165, 1.54) is 0 Å². The zero-order chi connectivity index (χ0) is 24.5. The van der Waals surface area contributed by atoms with Gasteiger partial charge in [0, 0.05) is 5.56 Å². The second-order valence-corrected chi connectivity index (χ2v) is 7.56. The lowest BCUT2D eigenvalue weighted by Gasteiger charge is -2.19. The number of nitrogens with one attached hydrogen (secondary N) is 1. The van der Waals surface area contributed by atoms with Gasteiger partial charge in [0.1, 0.15) is 17.2 Å². The predicted molar refractivity (Wildman–Crippen MR) is 134 cm³/mol. The molecule has 0 aliphatic carbocycles. The highest BCUT2D eigenvalue weighted by Gasteiger charge is 2.26. The fourth-order valence-corrected chi connectivity index (χ4v) is 3.44. The molecule has 176 valence electrons. The predicted octanol–water partition coefficient (Wildman–Crippen LogP) is 6.41. The third kappa shape index (κ3) is 6.26. The normalized spacial score (nSPS) is 11.2. The van der Waals surface area contributed by atoms with Crippen molar-refractivity contribution in [3.63, 3.8) is 0 Å². The molecule has 0 aromatic heterocycles. The lowest BCUT2D eigenvalue weighted by molar-refractivity contribution is -0.125. The first-order valence-electron chi connectivity index (χ1n) is 11.3. The molecular formula is C29H25NO5. The van der Waals surface area contributed by atoms with Crippen molar-refractivity contribution in [2.24, 2.45) is 0 Å². The number of carbonyl (C=O) groups is 2. The summed E-state index contributed by atoms with van der Waals surface area (Å²) >= 11 is 0. The van der Waals surface area contributed by atoms with E-state index in [0.29, 0.717) is 35.1 Å². The van der Waals surface area contributed by atoms with Crippen LogP contribution in [-0.4, -0.2) is 18.5 Å². The second kappa shape index (κ2) is 11.5. The highest BCUT2D eigenvalue weighted by Crippen LogP contribution is 2.28. The average Bonchev–Trinajstić information content (AvgIpc) is 2.89. The maximum absolute atomic E-state index is 13.3. The lowest BCUT2D eigenvalue weighted by Crippen LogP contribution is -2.26. The van der Waals surface area contributed by atoms with Crippen molar-refractivity contribution in [2.75, 3.05) is 11.9 Å². The molecule has 0 spiro atoms. The van der Waals surface area contributed by atoms with Crippen LogP contribution < -0.4 is 14.8 Å². The van der Waals surface area contributed by atoms with E-state index in [-0.39, 0.29) is 5.56 Å². The molecule has 0 saturated heterocycles. The Morgan fingerprint density at radius 3 is 2.17 bits per heavy atom. The summed E-state index contributed by atoms with van der Waals surface area (Å²) in [5.74, 6) is 0.524. The smallest absolute Gasteiger partial charge is 0.339 e. The molecule has 1 atom stereocenters. The Morgan fingerprint density at radius 2 is 1.43 bits per heavy atom. The van der Waals surface area contributed by atoms with Gasteiger partial charge in [0.05, 0.1) is 17.9 Å². The minimum absolute atomic E-state index is 0.266. The lowest BCUT2D eigenvalue weighted by atomic mass is 10.1. The number of hydrogen-bond donors (Lipinski definition) is 1. The summed E-state index contributed by atoms with van der Waals surface area (Å²) in [6.45, 7) is 2.31. The quantitative estimate of drug-likeness (QED) is 0.288. The summed E-state index contributed by atoms with van der Waals surface area (Å²) in [5, 5.41) is 2.83. The van der Waals surface area contributed by atoms with Gasteiger partial charge in [-0.1, -0.05) is 66.7 Å². The van der Waals surface area contributed by atoms with Crippen molar-refractivity contribution in [3.05, 3.63) is 120 Å². The minimum Gasteiger partial charge on any atom is -0.492 e. The van der Waals surface area contributed by atoms with Gasteiger partial charge in [-0.15, -0.1) is 0 Å². The van der Waals surface area contributed by atoms with Crippen molar-refractivity contribution in [1.82, 2.24) is 0 Å². The Kier molecular flexibility index (Phi) is 7.76. The number of carbonyl (C=O) groups excluding carboxylic acids is 2. The van der Waals surface area contributed by atoms with E-state index < -0.39 is 18.0 Å². The highest BCUT2D eigenvalue weighted by atomic mass is 16.5. The molecular weight excluding hydrogens is 442 g/mol. The molecule has 0 aliphatic heterocycles. The van der Waals surface area contributed by atoms with Gasteiger partial charge in [-0.05, 0) is 49.4 Å².